The monoisotopic (exact) mass is 423 g/mol. The van der Waals surface area contributed by atoms with E-state index in [0.717, 1.165) is 29.8 Å². The average Bonchev–Trinajstić information content (AvgIpc) is 3.58. The highest BCUT2D eigenvalue weighted by Gasteiger charge is 2.47. The number of amides is 2. The van der Waals surface area contributed by atoms with Crippen LogP contribution in [0.15, 0.2) is 42.5 Å². The van der Waals surface area contributed by atoms with E-state index in [9.17, 15) is 9.59 Å². The van der Waals surface area contributed by atoms with Gasteiger partial charge in [0.1, 0.15) is 12.4 Å². The highest BCUT2D eigenvalue weighted by Crippen LogP contribution is 2.50. The number of benzene rings is 2. The summed E-state index contributed by atoms with van der Waals surface area (Å²) in [6, 6.07) is 12.9. The fraction of sp³-hybridized carbons (Fsp3) is 0.417. The molecule has 7 nitrogen and oxygen atoms in total. The number of nitrogens with one attached hydrogen (secondary N) is 1. The van der Waals surface area contributed by atoms with Crippen LogP contribution in [0, 0.1) is 11.8 Å². The van der Waals surface area contributed by atoms with E-state index >= 15 is 0 Å². The summed E-state index contributed by atoms with van der Waals surface area (Å²) >= 11 is 0. The zero-order valence-corrected chi connectivity index (χ0v) is 17.9. The number of carbonyl (C=O) groups excluding carboxylic acids is 2. The third kappa shape index (κ3) is 4.23. The fourth-order valence-corrected chi connectivity index (χ4v) is 4.74. The average molecular weight is 424 g/mol. The Kier molecular flexibility index (Phi) is 5.87. The highest BCUT2D eigenvalue weighted by molar-refractivity contribution is 5.97. The van der Waals surface area contributed by atoms with Crippen LogP contribution >= 0.6 is 0 Å². The Hall–Kier alpha value is -3.06. The van der Waals surface area contributed by atoms with E-state index in [0.29, 0.717) is 17.2 Å². The van der Waals surface area contributed by atoms with Crippen molar-refractivity contribution in [3.8, 4) is 5.75 Å². The lowest BCUT2D eigenvalue weighted by molar-refractivity contribution is -0.117. The minimum Gasteiger partial charge on any atom is -0.491 e. The molecule has 0 unspecified atom stereocenters. The standard InChI is InChI=1S/C24H29N3O4/c1-14-22(26-18-4-3-5-19(13-18)31-11-10-28)20-12-17(24(25)30)8-9-21(20)27(15(2)29)23(14)16-6-7-16/h3-5,8-9,12-14,16,22-23,26,28H,6-7,10-11H2,1-2H3,(H2,25,30)/t14-,22-,23-/m1/s1. The number of nitrogens with two attached hydrogens (primary N) is 1. The van der Waals surface area contributed by atoms with Gasteiger partial charge in [0.25, 0.3) is 0 Å². The molecule has 4 rings (SSSR count). The summed E-state index contributed by atoms with van der Waals surface area (Å²) in [6.45, 7) is 3.93. The predicted molar refractivity (Wildman–Crippen MR) is 119 cm³/mol. The van der Waals surface area contributed by atoms with E-state index in [1.165, 1.54) is 0 Å². The fourth-order valence-electron chi connectivity index (χ4n) is 4.74. The largest absolute Gasteiger partial charge is 0.491 e. The molecule has 0 spiro atoms. The second kappa shape index (κ2) is 8.59. The number of nitrogens with zero attached hydrogens (tertiary/aromatic N) is 1. The molecular formula is C24H29N3O4. The van der Waals surface area contributed by atoms with E-state index in [1.54, 1.807) is 19.1 Å². The summed E-state index contributed by atoms with van der Waals surface area (Å²) in [4.78, 5) is 26.4. The Labute approximate surface area is 182 Å². The minimum absolute atomic E-state index is 0.00896. The Morgan fingerprint density at radius 3 is 2.65 bits per heavy atom. The first-order chi connectivity index (χ1) is 14.9. The predicted octanol–water partition coefficient (Wildman–Crippen LogP) is 3.09. The van der Waals surface area contributed by atoms with Gasteiger partial charge in [-0.05, 0) is 54.7 Å². The van der Waals surface area contributed by atoms with Crippen molar-refractivity contribution in [2.24, 2.45) is 17.6 Å². The van der Waals surface area contributed by atoms with Gasteiger partial charge in [-0.3, -0.25) is 9.59 Å². The molecule has 1 fully saturated rings. The number of ether oxygens (including phenoxy) is 1. The molecule has 2 aromatic carbocycles. The van der Waals surface area contributed by atoms with E-state index in [4.69, 9.17) is 15.6 Å². The lowest BCUT2D eigenvalue weighted by Crippen LogP contribution is -2.51. The molecule has 7 heteroatoms. The van der Waals surface area contributed by atoms with Crippen LogP contribution in [0.3, 0.4) is 0 Å². The van der Waals surface area contributed by atoms with Gasteiger partial charge in [-0.2, -0.15) is 0 Å². The lowest BCUT2D eigenvalue weighted by atomic mass is 9.79. The number of fused-ring (bicyclic) bond motifs is 1. The van der Waals surface area contributed by atoms with Gasteiger partial charge in [-0.1, -0.05) is 13.0 Å². The number of aliphatic hydroxyl groups excluding tert-OH is 1. The molecule has 1 heterocycles. The topological polar surface area (TPSA) is 105 Å². The van der Waals surface area contributed by atoms with Gasteiger partial charge in [-0.25, -0.2) is 0 Å². The second-order valence-electron chi connectivity index (χ2n) is 8.44. The van der Waals surface area contributed by atoms with Crippen LogP contribution in [0.1, 0.15) is 48.7 Å². The molecule has 31 heavy (non-hydrogen) atoms. The molecule has 1 aliphatic heterocycles. The summed E-state index contributed by atoms with van der Waals surface area (Å²) in [7, 11) is 0. The molecule has 1 aliphatic carbocycles. The summed E-state index contributed by atoms with van der Waals surface area (Å²) < 4.78 is 5.55. The molecule has 0 saturated heterocycles. The number of aliphatic hydroxyl groups is 1. The number of rotatable bonds is 7. The first kappa shape index (κ1) is 21.2. The first-order valence-corrected chi connectivity index (χ1v) is 10.7. The van der Waals surface area contributed by atoms with Gasteiger partial charge in [0.15, 0.2) is 0 Å². The van der Waals surface area contributed by atoms with Crippen molar-refractivity contribution in [2.45, 2.75) is 38.8 Å². The quantitative estimate of drug-likeness (QED) is 0.635. The Balaban J connectivity index is 1.75. The minimum atomic E-state index is -0.493. The van der Waals surface area contributed by atoms with Crippen LogP contribution in [0.25, 0.3) is 0 Å². The molecular weight excluding hydrogens is 394 g/mol. The van der Waals surface area contributed by atoms with Crippen LogP contribution in [0.2, 0.25) is 0 Å². The number of hydrogen-bond donors (Lipinski definition) is 3. The van der Waals surface area contributed by atoms with Crippen molar-refractivity contribution in [1.29, 1.82) is 0 Å². The van der Waals surface area contributed by atoms with E-state index < -0.39 is 5.91 Å². The van der Waals surface area contributed by atoms with E-state index in [-0.39, 0.29) is 37.1 Å². The Morgan fingerprint density at radius 1 is 1.23 bits per heavy atom. The molecule has 0 radical (unpaired) electrons. The van der Waals surface area contributed by atoms with Crippen molar-refractivity contribution < 1.29 is 19.4 Å². The second-order valence-corrected chi connectivity index (χ2v) is 8.44. The maximum absolute atomic E-state index is 12.7. The third-order valence-corrected chi connectivity index (χ3v) is 6.23. The van der Waals surface area contributed by atoms with Gasteiger partial charge in [0, 0.05) is 41.9 Å². The molecule has 1 saturated carbocycles. The Bertz CT molecular complexity index is 989. The Morgan fingerprint density at radius 2 is 2.00 bits per heavy atom. The smallest absolute Gasteiger partial charge is 0.248 e. The summed E-state index contributed by atoms with van der Waals surface area (Å²) in [6.07, 6.45) is 2.23. The van der Waals surface area contributed by atoms with Gasteiger partial charge in [0.2, 0.25) is 11.8 Å². The van der Waals surface area contributed by atoms with E-state index in [1.807, 2.05) is 35.2 Å². The number of primary amides is 1. The van der Waals surface area contributed by atoms with Crippen molar-refractivity contribution >= 4 is 23.2 Å². The van der Waals surface area contributed by atoms with Crippen molar-refractivity contribution in [3.63, 3.8) is 0 Å². The maximum Gasteiger partial charge on any atom is 0.248 e. The van der Waals surface area contributed by atoms with E-state index in [2.05, 4.69) is 12.2 Å². The molecule has 3 atom stereocenters. The summed E-state index contributed by atoms with van der Waals surface area (Å²) in [5, 5.41) is 12.6. The van der Waals surface area contributed by atoms with Gasteiger partial charge < -0.3 is 25.8 Å². The number of carbonyl (C=O) groups is 2. The van der Waals surface area contributed by atoms with Crippen LogP contribution in [0.5, 0.6) is 5.75 Å². The van der Waals surface area contributed by atoms with Crippen LogP contribution in [0.4, 0.5) is 11.4 Å². The molecule has 2 amide bonds. The lowest BCUT2D eigenvalue weighted by Gasteiger charge is -2.46. The normalized spacial score (nSPS) is 22.5. The maximum atomic E-state index is 12.7. The van der Waals surface area contributed by atoms with Gasteiger partial charge in [0.05, 0.1) is 12.6 Å². The van der Waals surface area contributed by atoms with Crippen molar-refractivity contribution in [1.82, 2.24) is 0 Å². The van der Waals surface area contributed by atoms with Gasteiger partial charge in [-0.15, -0.1) is 0 Å². The molecule has 0 bridgehead atoms. The summed E-state index contributed by atoms with van der Waals surface area (Å²) in [5.74, 6) is 0.778. The molecule has 2 aliphatic rings. The molecule has 2 aromatic rings. The molecule has 0 aromatic heterocycles. The number of anilines is 2. The van der Waals surface area contributed by atoms with Crippen LogP contribution in [-0.4, -0.2) is 36.2 Å². The van der Waals surface area contributed by atoms with Crippen molar-refractivity contribution in [2.75, 3.05) is 23.4 Å². The molecule has 164 valence electrons. The molecule has 4 N–H and O–H groups in total. The SMILES string of the molecule is CC(=O)N1c2ccc(C(N)=O)cc2[C@H](Nc2cccc(OCCO)c2)[C@@H](C)[C@@H]1C1CC1. The zero-order chi connectivity index (χ0) is 22.1. The first-order valence-electron chi connectivity index (χ1n) is 10.7. The highest BCUT2D eigenvalue weighted by atomic mass is 16.5. The van der Waals surface area contributed by atoms with Gasteiger partial charge >= 0.3 is 0 Å². The zero-order valence-electron chi connectivity index (χ0n) is 17.9. The van der Waals surface area contributed by atoms with Crippen LogP contribution < -0.4 is 20.7 Å². The van der Waals surface area contributed by atoms with Crippen LogP contribution in [-0.2, 0) is 4.79 Å². The summed E-state index contributed by atoms with van der Waals surface area (Å²) in [5.41, 5.74) is 8.56. The van der Waals surface area contributed by atoms with Crippen molar-refractivity contribution in [3.05, 3.63) is 53.6 Å². The number of hydrogen-bond acceptors (Lipinski definition) is 5. The third-order valence-electron chi connectivity index (χ3n) is 6.23.